The maximum atomic E-state index is 5.96. The van der Waals surface area contributed by atoms with Gasteiger partial charge in [0.1, 0.15) is 0 Å². The zero-order valence-corrected chi connectivity index (χ0v) is 16.8. The highest BCUT2D eigenvalue weighted by atomic mass is 35.5. The molecule has 0 spiro atoms. The molecular formula is C23H18ClN3S. The Hall–Kier alpha value is -2.95. The molecule has 4 aromatic rings. The molecule has 0 aliphatic rings. The van der Waals surface area contributed by atoms with Gasteiger partial charge in [0.25, 0.3) is 0 Å². The summed E-state index contributed by atoms with van der Waals surface area (Å²) in [6.45, 7) is 1.96. The zero-order chi connectivity index (χ0) is 19.3. The van der Waals surface area contributed by atoms with E-state index in [9.17, 15) is 0 Å². The second-order valence-electron chi connectivity index (χ2n) is 6.24. The Morgan fingerprint density at radius 1 is 0.857 bits per heavy atom. The van der Waals surface area contributed by atoms with Crippen molar-refractivity contribution in [3.63, 3.8) is 0 Å². The van der Waals surface area contributed by atoms with E-state index >= 15 is 0 Å². The van der Waals surface area contributed by atoms with Crippen molar-refractivity contribution in [2.45, 2.75) is 6.92 Å². The molecule has 138 valence electrons. The molecule has 28 heavy (non-hydrogen) atoms. The monoisotopic (exact) mass is 403 g/mol. The normalized spacial score (nSPS) is 11.4. The van der Waals surface area contributed by atoms with Crippen molar-refractivity contribution < 1.29 is 0 Å². The van der Waals surface area contributed by atoms with Crippen molar-refractivity contribution >= 4 is 33.8 Å². The minimum Gasteiger partial charge on any atom is -0.252 e. The van der Waals surface area contributed by atoms with Crippen LogP contribution in [0.4, 0.5) is 5.13 Å². The molecule has 0 unspecified atom stereocenters. The molecule has 0 bridgehead atoms. The molecule has 0 atom stereocenters. The molecule has 1 aromatic heterocycles. The lowest BCUT2D eigenvalue weighted by molar-refractivity contribution is 1.27. The first-order valence-electron chi connectivity index (χ1n) is 8.88. The van der Waals surface area contributed by atoms with Gasteiger partial charge in [0.2, 0.25) is 5.13 Å². The summed E-state index contributed by atoms with van der Waals surface area (Å²) in [6, 6.07) is 28.2. The number of thiazole rings is 1. The van der Waals surface area contributed by atoms with Crippen LogP contribution in [0.1, 0.15) is 12.5 Å². The van der Waals surface area contributed by atoms with Gasteiger partial charge in [-0.1, -0.05) is 95.7 Å². The molecular weight excluding hydrogens is 386 g/mol. The van der Waals surface area contributed by atoms with Crippen molar-refractivity contribution in [2.75, 3.05) is 5.43 Å². The average Bonchev–Trinajstić information content (AvgIpc) is 3.18. The summed E-state index contributed by atoms with van der Waals surface area (Å²) >= 11 is 7.56. The minimum absolute atomic E-state index is 0.712. The minimum atomic E-state index is 0.712. The van der Waals surface area contributed by atoms with Crippen LogP contribution in [-0.4, -0.2) is 10.7 Å². The number of aromatic nitrogens is 1. The highest BCUT2D eigenvalue weighted by molar-refractivity contribution is 7.19. The second kappa shape index (κ2) is 8.38. The van der Waals surface area contributed by atoms with Crippen LogP contribution in [0, 0.1) is 0 Å². The Kier molecular flexibility index (Phi) is 5.51. The van der Waals surface area contributed by atoms with Crippen LogP contribution in [0.5, 0.6) is 0 Å². The van der Waals surface area contributed by atoms with E-state index in [2.05, 4.69) is 34.8 Å². The summed E-state index contributed by atoms with van der Waals surface area (Å²) < 4.78 is 0. The Labute approximate surface area is 173 Å². The van der Waals surface area contributed by atoms with Gasteiger partial charge in [0.15, 0.2) is 0 Å². The van der Waals surface area contributed by atoms with Crippen LogP contribution in [0.3, 0.4) is 0 Å². The lowest BCUT2D eigenvalue weighted by Crippen LogP contribution is -1.99. The van der Waals surface area contributed by atoms with Crippen LogP contribution in [0.25, 0.3) is 21.7 Å². The number of nitrogens with one attached hydrogen (secondary N) is 1. The van der Waals surface area contributed by atoms with E-state index in [4.69, 9.17) is 16.6 Å². The number of hydrogen-bond acceptors (Lipinski definition) is 4. The number of rotatable bonds is 5. The van der Waals surface area contributed by atoms with E-state index in [-0.39, 0.29) is 0 Å². The molecule has 0 radical (unpaired) electrons. The van der Waals surface area contributed by atoms with Crippen LogP contribution in [0.2, 0.25) is 5.02 Å². The molecule has 3 aromatic carbocycles. The summed E-state index contributed by atoms with van der Waals surface area (Å²) in [5, 5.41) is 5.98. The highest BCUT2D eigenvalue weighted by Gasteiger charge is 2.14. The first-order chi connectivity index (χ1) is 13.7. The molecule has 4 rings (SSSR count). The third-order valence-electron chi connectivity index (χ3n) is 4.29. The van der Waals surface area contributed by atoms with Gasteiger partial charge >= 0.3 is 0 Å². The number of nitrogens with zero attached hydrogens (tertiary/aromatic N) is 2. The fraction of sp³-hybridized carbons (Fsp3) is 0.0435. The lowest BCUT2D eigenvalue weighted by atomic mass is 10.1. The van der Waals surface area contributed by atoms with Gasteiger partial charge in [-0.15, -0.1) is 0 Å². The van der Waals surface area contributed by atoms with E-state index in [1.165, 1.54) is 0 Å². The number of hydrazone groups is 1. The predicted molar refractivity (Wildman–Crippen MR) is 120 cm³/mol. The Morgan fingerprint density at radius 2 is 1.46 bits per heavy atom. The lowest BCUT2D eigenvalue weighted by Gasteiger charge is -2.02. The molecule has 0 aliphatic carbocycles. The summed E-state index contributed by atoms with van der Waals surface area (Å²) in [5.41, 5.74) is 8.19. The van der Waals surface area contributed by atoms with E-state index in [1.807, 2.05) is 67.6 Å². The van der Waals surface area contributed by atoms with E-state index in [0.29, 0.717) is 5.02 Å². The topological polar surface area (TPSA) is 37.3 Å². The van der Waals surface area contributed by atoms with Gasteiger partial charge in [-0.3, -0.25) is 5.43 Å². The molecule has 1 N–H and O–H groups in total. The van der Waals surface area contributed by atoms with Gasteiger partial charge in [-0.2, -0.15) is 5.10 Å². The summed E-state index contributed by atoms with van der Waals surface area (Å²) in [7, 11) is 0. The number of halogens is 1. The van der Waals surface area contributed by atoms with E-state index in [1.54, 1.807) is 11.3 Å². The van der Waals surface area contributed by atoms with Crippen molar-refractivity contribution in [2.24, 2.45) is 5.10 Å². The molecule has 0 saturated carbocycles. The Morgan fingerprint density at radius 3 is 2.11 bits per heavy atom. The van der Waals surface area contributed by atoms with Gasteiger partial charge in [0.05, 0.1) is 16.3 Å². The molecule has 3 nitrogen and oxygen atoms in total. The van der Waals surface area contributed by atoms with Gasteiger partial charge in [-0.05, 0) is 30.2 Å². The second-order valence-corrected chi connectivity index (χ2v) is 7.68. The summed E-state index contributed by atoms with van der Waals surface area (Å²) in [5.74, 6) is 0. The smallest absolute Gasteiger partial charge is 0.204 e. The molecule has 0 fully saturated rings. The van der Waals surface area contributed by atoms with Crippen molar-refractivity contribution in [3.8, 4) is 21.7 Å². The maximum Gasteiger partial charge on any atom is 0.204 e. The van der Waals surface area contributed by atoms with E-state index < -0.39 is 0 Å². The summed E-state index contributed by atoms with van der Waals surface area (Å²) in [4.78, 5) is 5.93. The van der Waals surface area contributed by atoms with Crippen LogP contribution < -0.4 is 5.43 Å². The number of benzene rings is 3. The van der Waals surface area contributed by atoms with Crippen molar-refractivity contribution in [1.29, 1.82) is 0 Å². The first kappa shape index (κ1) is 18.4. The fourth-order valence-electron chi connectivity index (χ4n) is 2.83. The Bertz CT molecular complexity index is 1030. The highest BCUT2D eigenvalue weighted by Crippen LogP contribution is 2.38. The van der Waals surface area contributed by atoms with E-state index in [0.717, 1.165) is 38.1 Å². The molecule has 0 saturated heterocycles. The third-order valence-corrected chi connectivity index (χ3v) is 5.55. The SMILES string of the molecule is C/C(=N\Nc1nc(-c2ccccc2)c(-c2ccccc2)s1)c1ccc(Cl)cc1. The van der Waals surface area contributed by atoms with Crippen molar-refractivity contribution in [3.05, 3.63) is 95.5 Å². The first-order valence-corrected chi connectivity index (χ1v) is 10.1. The van der Waals surface area contributed by atoms with Crippen LogP contribution in [0.15, 0.2) is 90.0 Å². The van der Waals surface area contributed by atoms with Crippen LogP contribution in [-0.2, 0) is 0 Å². The molecule has 1 heterocycles. The standard InChI is InChI=1S/C23H18ClN3S/c1-16(17-12-14-20(24)15-13-17)26-27-23-25-21(18-8-4-2-5-9-18)22(28-23)19-10-6-3-7-11-19/h2-15H,1H3,(H,25,27)/b26-16+. The van der Waals surface area contributed by atoms with Gasteiger partial charge < -0.3 is 0 Å². The zero-order valence-electron chi connectivity index (χ0n) is 15.3. The summed E-state index contributed by atoms with van der Waals surface area (Å²) in [6.07, 6.45) is 0. The van der Waals surface area contributed by atoms with Crippen molar-refractivity contribution in [1.82, 2.24) is 4.98 Å². The Balaban J connectivity index is 1.67. The third kappa shape index (κ3) is 4.14. The van der Waals surface area contributed by atoms with Crippen LogP contribution >= 0.6 is 22.9 Å². The fourth-order valence-corrected chi connectivity index (χ4v) is 3.89. The average molecular weight is 404 g/mol. The molecule has 0 aliphatic heterocycles. The number of hydrogen-bond donors (Lipinski definition) is 1. The molecule has 0 amide bonds. The predicted octanol–water partition coefficient (Wildman–Crippen LogP) is 6.97. The molecule has 5 heteroatoms. The number of anilines is 1. The van der Waals surface area contributed by atoms with Gasteiger partial charge in [-0.25, -0.2) is 4.98 Å². The maximum absolute atomic E-state index is 5.96. The quantitative estimate of drug-likeness (QED) is 0.288. The van der Waals surface area contributed by atoms with Gasteiger partial charge in [0, 0.05) is 10.6 Å². The largest absolute Gasteiger partial charge is 0.252 e.